The van der Waals surface area contributed by atoms with Crippen molar-refractivity contribution < 1.29 is 5.11 Å². The topological polar surface area (TPSA) is 70.1 Å². The van der Waals surface area contributed by atoms with Crippen LogP contribution in [-0.4, -0.2) is 33.4 Å². The van der Waals surface area contributed by atoms with E-state index < -0.39 is 6.23 Å². The average molecular weight is 250 g/mol. The second-order valence-electron chi connectivity index (χ2n) is 5.08. The number of aliphatic hydroxyl groups excluding tert-OH is 1. The molecular weight excluding hydrogens is 228 g/mol. The second kappa shape index (κ2) is 6.11. The first-order valence-electron chi connectivity index (χ1n) is 6.63. The highest BCUT2D eigenvalue weighted by Crippen LogP contribution is 2.21. The summed E-state index contributed by atoms with van der Waals surface area (Å²) in [5, 5.41) is 15.9. The van der Waals surface area contributed by atoms with Crippen molar-refractivity contribution in [1.82, 2.24) is 15.3 Å². The zero-order valence-electron chi connectivity index (χ0n) is 11.1. The number of rotatable bonds is 4. The van der Waals surface area contributed by atoms with E-state index in [-0.39, 0.29) is 0 Å². The van der Waals surface area contributed by atoms with E-state index in [1.165, 1.54) is 0 Å². The molecular formula is C13H22N4O. The van der Waals surface area contributed by atoms with Crippen molar-refractivity contribution in [3.8, 4) is 0 Å². The first-order valence-corrected chi connectivity index (χ1v) is 6.63. The van der Waals surface area contributed by atoms with Crippen molar-refractivity contribution in [1.29, 1.82) is 0 Å². The number of nitrogens with one attached hydrogen (secondary N) is 2. The lowest BCUT2D eigenvalue weighted by Crippen LogP contribution is -2.41. The van der Waals surface area contributed by atoms with Crippen LogP contribution in [-0.2, 0) is 0 Å². The van der Waals surface area contributed by atoms with Gasteiger partial charge in [0.1, 0.15) is 18.4 Å². The molecule has 3 N–H and O–H groups in total. The van der Waals surface area contributed by atoms with Crippen molar-refractivity contribution in [2.24, 2.45) is 0 Å². The summed E-state index contributed by atoms with van der Waals surface area (Å²) in [6.07, 6.45) is 5.57. The first-order chi connectivity index (χ1) is 8.63. The number of aryl methyl sites for hydroxylation is 1. The van der Waals surface area contributed by atoms with E-state index in [2.05, 4.69) is 20.6 Å². The Morgan fingerprint density at radius 3 is 2.50 bits per heavy atom. The summed E-state index contributed by atoms with van der Waals surface area (Å²) < 4.78 is 0. The predicted molar refractivity (Wildman–Crippen MR) is 71.3 cm³/mol. The summed E-state index contributed by atoms with van der Waals surface area (Å²) in [5.74, 6) is 0.912. The molecule has 0 bridgehead atoms. The maximum absolute atomic E-state index is 9.29. The largest absolute Gasteiger partial charge is 0.379 e. The lowest BCUT2D eigenvalue weighted by molar-refractivity contribution is 0.129. The van der Waals surface area contributed by atoms with Gasteiger partial charge in [0.15, 0.2) is 0 Å². The fourth-order valence-electron chi connectivity index (χ4n) is 2.49. The van der Waals surface area contributed by atoms with Gasteiger partial charge in [0.25, 0.3) is 0 Å². The molecule has 1 saturated carbocycles. The van der Waals surface area contributed by atoms with Crippen LogP contribution in [0.25, 0.3) is 0 Å². The van der Waals surface area contributed by atoms with E-state index in [1.807, 2.05) is 13.0 Å². The number of nitrogens with zero attached hydrogens (tertiary/aromatic N) is 2. The number of hydrogen-bond acceptors (Lipinski definition) is 5. The standard InChI is InChI=1S/C13H22N4O/c1-9-7-13(15-8-14-9)17-12-5-3-11(4-6-12)16-10(2)18/h7-8,10-12,16,18H,3-6H2,1-2H3,(H,14,15,17)/t10?,11-,12+. The summed E-state index contributed by atoms with van der Waals surface area (Å²) in [7, 11) is 0. The molecule has 1 heterocycles. The monoisotopic (exact) mass is 250 g/mol. The number of hydrogen-bond donors (Lipinski definition) is 3. The van der Waals surface area contributed by atoms with Crippen LogP contribution >= 0.6 is 0 Å². The molecule has 100 valence electrons. The Balaban J connectivity index is 1.80. The van der Waals surface area contributed by atoms with Gasteiger partial charge >= 0.3 is 0 Å². The molecule has 5 heteroatoms. The van der Waals surface area contributed by atoms with Gasteiger partial charge in [-0.1, -0.05) is 0 Å². The Bertz CT molecular complexity index is 375. The summed E-state index contributed by atoms with van der Waals surface area (Å²) in [6.45, 7) is 3.74. The van der Waals surface area contributed by atoms with Crippen LogP contribution in [0.4, 0.5) is 5.82 Å². The molecule has 0 spiro atoms. The lowest BCUT2D eigenvalue weighted by Gasteiger charge is -2.30. The van der Waals surface area contributed by atoms with E-state index in [0.717, 1.165) is 37.2 Å². The van der Waals surface area contributed by atoms with Crippen LogP contribution < -0.4 is 10.6 Å². The predicted octanol–water partition coefficient (Wildman–Crippen LogP) is 1.44. The summed E-state index contributed by atoms with van der Waals surface area (Å²) >= 11 is 0. The van der Waals surface area contributed by atoms with Crippen LogP contribution in [0, 0.1) is 6.92 Å². The van der Waals surface area contributed by atoms with E-state index in [0.29, 0.717) is 12.1 Å². The van der Waals surface area contributed by atoms with Crippen LogP contribution in [0.2, 0.25) is 0 Å². The fraction of sp³-hybridized carbons (Fsp3) is 0.692. The molecule has 1 aliphatic rings. The van der Waals surface area contributed by atoms with Gasteiger partial charge in [-0.3, -0.25) is 5.32 Å². The Morgan fingerprint density at radius 1 is 1.22 bits per heavy atom. The summed E-state index contributed by atoms with van der Waals surface area (Å²) in [4.78, 5) is 8.31. The molecule has 1 fully saturated rings. The first kappa shape index (κ1) is 13.2. The van der Waals surface area contributed by atoms with E-state index in [1.54, 1.807) is 13.3 Å². The minimum absolute atomic E-state index is 0.413. The zero-order valence-corrected chi connectivity index (χ0v) is 11.1. The molecule has 5 nitrogen and oxygen atoms in total. The molecule has 1 atom stereocenters. The van der Waals surface area contributed by atoms with E-state index in [4.69, 9.17) is 0 Å². The van der Waals surface area contributed by atoms with Gasteiger partial charge in [0.2, 0.25) is 0 Å². The Kier molecular flexibility index (Phi) is 4.49. The Labute approximate surface area is 108 Å². The van der Waals surface area contributed by atoms with Gasteiger partial charge in [-0.15, -0.1) is 0 Å². The van der Waals surface area contributed by atoms with Crippen molar-refractivity contribution in [2.45, 2.75) is 57.8 Å². The maximum atomic E-state index is 9.29. The third-order valence-electron chi connectivity index (χ3n) is 3.36. The molecule has 1 aliphatic carbocycles. The third kappa shape index (κ3) is 3.92. The third-order valence-corrected chi connectivity index (χ3v) is 3.36. The van der Waals surface area contributed by atoms with Crippen LogP contribution in [0.15, 0.2) is 12.4 Å². The average Bonchev–Trinajstić information content (AvgIpc) is 2.31. The van der Waals surface area contributed by atoms with Crippen LogP contribution in [0.5, 0.6) is 0 Å². The van der Waals surface area contributed by atoms with Gasteiger partial charge in [-0.2, -0.15) is 0 Å². The number of aliphatic hydroxyl groups is 1. The summed E-state index contributed by atoms with van der Waals surface area (Å²) in [6, 6.07) is 2.89. The highest BCUT2D eigenvalue weighted by Gasteiger charge is 2.21. The highest BCUT2D eigenvalue weighted by atomic mass is 16.3. The molecule has 1 aromatic heterocycles. The van der Waals surface area contributed by atoms with Gasteiger partial charge < -0.3 is 10.4 Å². The van der Waals surface area contributed by atoms with Gasteiger partial charge in [-0.25, -0.2) is 9.97 Å². The van der Waals surface area contributed by atoms with E-state index in [9.17, 15) is 5.11 Å². The molecule has 2 rings (SSSR count). The number of aromatic nitrogens is 2. The molecule has 0 saturated heterocycles. The zero-order chi connectivity index (χ0) is 13.0. The van der Waals surface area contributed by atoms with Crippen molar-refractivity contribution in [3.05, 3.63) is 18.1 Å². The smallest absolute Gasteiger partial charge is 0.129 e. The highest BCUT2D eigenvalue weighted by molar-refractivity contribution is 5.35. The molecule has 18 heavy (non-hydrogen) atoms. The minimum atomic E-state index is -0.413. The molecule has 0 aromatic carbocycles. The molecule has 1 aromatic rings. The van der Waals surface area contributed by atoms with Crippen LogP contribution in [0.3, 0.4) is 0 Å². The second-order valence-corrected chi connectivity index (χ2v) is 5.08. The number of anilines is 1. The molecule has 0 aliphatic heterocycles. The van der Waals surface area contributed by atoms with E-state index >= 15 is 0 Å². The van der Waals surface area contributed by atoms with Crippen LogP contribution in [0.1, 0.15) is 38.3 Å². The van der Waals surface area contributed by atoms with Gasteiger partial charge in [0.05, 0.1) is 0 Å². The SMILES string of the molecule is Cc1cc(N[C@H]2CC[C@@H](NC(C)O)CC2)ncn1. The minimum Gasteiger partial charge on any atom is -0.379 e. The van der Waals surface area contributed by atoms with Crippen molar-refractivity contribution in [2.75, 3.05) is 5.32 Å². The fourth-order valence-corrected chi connectivity index (χ4v) is 2.49. The van der Waals surface area contributed by atoms with Crippen molar-refractivity contribution in [3.63, 3.8) is 0 Å². The summed E-state index contributed by atoms with van der Waals surface area (Å²) in [5.41, 5.74) is 0.983. The van der Waals surface area contributed by atoms with Gasteiger partial charge in [-0.05, 0) is 39.5 Å². The molecule has 1 unspecified atom stereocenters. The molecule has 0 radical (unpaired) electrons. The van der Waals surface area contributed by atoms with Crippen molar-refractivity contribution >= 4 is 5.82 Å². The quantitative estimate of drug-likeness (QED) is 0.705. The van der Waals surface area contributed by atoms with Gasteiger partial charge in [0, 0.05) is 23.8 Å². The Morgan fingerprint density at radius 2 is 1.89 bits per heavy atom. The maximum Gasteiger partial charge on any atom is 0.129 e. The molecule has 0 amide bonds. The normalized spacial score (nSPS) is 25.7. The Hall–Kier alpha value is -1.20. The lowest BCUT2D eigenvalue weighted by atomic mass is 9.91.